The number of rotatable bonds is 3. The van der Waals surface area contributed by atoms with Gasteiger partial charge in [0.15, 0.2) is 0 Å². The molecule has 2 aliphatic rings. The van der Waals surface area contributed by atoms with Crippen LogP contribution in [0.15, 0.2) is 144 Å². The quantitative estimate of drug-likeness (QED) is 0.150. The topological polar surface area (TPSA) is 12.9 Å². The van der Waals surface area contributed by atoms with Crippen molar-refractivity contribution in [2.75, 3.05) is 0 Å². The highest BCUT2D eigenvalue weighted by atomic mass is 32.2. The molecule has 45 heavy (non-hydrogen) atoms. The number of benzene rings is 7. The summed E-state index contributed by atoms with van der Waals surface area (Å²) in [5.41, 5.74) is 8.22. The third-order valence-electron chi connectivity index (χ3n) is 9.82. The van der Waals surface area contributed by atoms with Gasteiger partial charge in [-0.25, -0.2) is 0 Å². The Morgan fingerprint density at radius 1 is 0.578 bits per heavy atom. The van der Waals surface area contributed by atoms with Gasteiger partial charge in [0.25, 0.3) is 0 Å². The highest BCUT2D eigenvalue weighted by Crippen LogP contribution is 2.50. The molecule has 7 aromatic carbocycles. The van der Waals surface area contributed by atoms with Crippen molar-refractivity contribution in [2.45, 2.75) is 22.6 Å². The molecule has 1 nitrogen and oxygen atoms in total. The van der Waals surface area contributed by atoms with Gasteiger partial charge in [0.05, 0.1) is 0 Å². The molecular formula is C43H27NS. The van der Waals surface area contributed by atoms with E-state index >= 15 is 0 Å². The minimum atomic E-state index is 0.970. The fourth-order valence-corrected chi connectivity index (χ4v) is 9.09. The lowest BCUT2D eigenvalue weighted by Gasteiger charge is -2.25. The fraction of sp³-hybridized carbons (Fsp3) is 0.0465. The van der Waals surface area contributed by atoms with E-state index < -0.39 is 0 Å². The Labute approximate surface area is 265 Å². The van der Waals surface area contributed by atoms with E-state index in [2.05, 4.69) is 134 Å². The van der Waals surface area contributed by atoms with Gasteiger partial charge in [-0.1, -0.05) is 121 Å². The first-order chi connectivity index (χ1) is 22.3. The highest BCUT2D eigenvalue weighted by Gasteiger charge is 2.24. The van der Waals surface area contributed by atoms with E-state index in [0.29, 0.717) is 0 Å². The number of allylic oxidation sites excluding steroid dienone is 3. The number of pyridine rings is 1. The molecule has 1 heterocycles. The highest BCUT2D eigenvalue weighted by molar-refractivity contribution is 7.99. The average molecular weight is 590 g/mol. The molecule has 0 radical (unpaired) electrons. The van der Waals surface area contributed by atoms with E-state index in [-0.39, 0.29) is 0 Å². The summed E-state index contributed by atoms with van der Waals surface area (Å²) in [5.74, 6) is 0. The molecule has 1 aromatic heterocycles. The van der Waals surface area contributed by atoms with Crippen LogP contribution in [0, 0.1) is 0 Å². The van der Waals surface area contributed by atoms with Gasteiger partial charge < -0.3 is 0 Å². The zero-order valence-electron chi connectivity index (χ0n) is 24.5. The van der Waals surface area contributed by atoms with Gasteiger partial charge in [0.2, 0.25) is 0 Å². The molecule has 0 N–H and O–H groups in total. The Bertz CT molecular complexity index is 2570. The number of nitrogens with zero attached hydrogens (tertiary/aromatic N) is 1. The molecule has 0 amide bonds. The summed E-state index contributed by atoms with van der Waals surface area (Å²) in [5, 5.41) is 12.9. The predicted octanol–water partition coefficient (Wildman–Crippen LogP) is 12.0. The first kappa shape index (κ1) is 25.2. The van der Waals surface area contributed by atoms with Crippen molar-refractivity contribution < 1.29 is 0 Å². The summed E-state index contributed by atoms with van der Waals surface area (Å²) in [6.45, 7) is 0. The Kier molecular flexibility index (Phi) is 5.40. The summed E-state index contributed by atoms with van der Waals surface area (Å²) in [4.78, 5) is 7.34. The molecule has 8 aromatic rings. The van der Waals surface area contributed by atoms with Crippen LogP contribution < -0.4 is 0 Å². The monoisotopic (exact) mass is 589 g/mol. The van der Waals surface area contributed by atoms with Crippen molar-refractivity contribution in [3.8, 4) is 11.1 Å². The summed E-state index contributed by atoms with van der Waals surface area (Å²) in [6.07, 6.45) is 13.1. The Morgan fingerprint density at radius 2 is 1.33 bits per heavy atom. The van der Waals surface area contributed by atoms with Crippen LogP contribution in [0.3, 0.4) is 0 Å². The first-order valence-electron chi connectivity index (χ1n) is 15.7. The average Bonchev–Trinajstić information content (AvgIpc) is 3.11. The summed E-state index contributed by atoms with van der Waals surface area (Å²) in [7, 11) is 0. The molecule has 0 saturated heterocycles. The smallest absolute Gasteiger partial charge is 0.0353 e. The maximum Gasteiger partial charge on any atom is 0.0353 e. The van der Waals surface area contributed by atoms with Crippen molar-refractivity contribution >= 4 is 77.3 Å². The Balaban J connectivity index is 1.26. The van der Waals surface area contributed by atoms with E-state index in [4.69, 9.17) is 4.98 Å². The largest absolute Gasteiger partial charge is 0.264 e. The molecule has 0 unspecified atom stereocenters. The SMILES string of the molecule is C1=Cc2ccc3ccc(Sc4c5ccccc5c(-c5cc6ccccc6c6ccccc56)c5cnccc45)c4c3c2C(=CC4)C1. The zero-order chi connectivity index (χ0) is 29.5. The molecule has 0 aliphatic heterocycles. The number of hydrogen-bond donors (Lipinski definition) is 0. The molecule has 0 bridgehead atoms. The van der Waals surface area contributed by atoms with E-state index in [1.807, 2.05) is 18.0 Å². The molecule has 2 heteroatoms. The fourth-order valence-electron chi connectivity index (χ4n) is 7.85. The molecule has 0 atom stereocenters. The third-order valence-corrected chi connectivity index (χ3v) is 11.1. The maximum absolute atomic E-state index is 4.70. The molecule has 0 fully saturated rings. The van der Waals surface area contributed by atoms with Crippen molar-refractivity contribution in [3.63, 3.8) is 0 Å². The zero-order valence-corrected chi connectivity index (χ0v) is 25.4. The van der Waals surface area contributed by atoms with Crippen LogP contribution in [0.25, 0.3) is 76.6 Å². The van der Waals surface area contributed by atoms with Gasteiger partial charge in [0.1, 0.15) is 0 Å². The van der Waals surface area contributed by atoms with E-state index in [1.54, 1.807) is 0 Å². The van der Waals surface area contributed by atoms with Crippen LogP contribution in [-0.4, -0.2) is 4.98 Å². The first-order valence-corrected chi connectivity index (χ1v) is 16.5. The van der Waals surface area contributed by atoms with E-state index in [0.717, 1.165) is 12.8 Å². The van der Waals surface area contributed by atoms with Crippen molar-refractivity contribution in [2.24, 2.45) is 0 Å². The van der Waals surface area contributed by atoms with Crippen LogP contribution >= 0.6 is 11.8 Å². The van der Waals surface area contributed by atoms with Crippen LogP contribution in [0.4, 0.5) is 0 Å². The maximum atomic E-state index is 4.70. The number of aromatic nitrogens is 1. The molecule has 0 saturated carbocycles. The predicted molar refractivity (Wildman–Crippen MR) is 193 cm³/mol. The normalized spacial score (nSPS) is 13.7. The lowest BCUT2D eigenvalue weighted by molar-refractivity contribution is 1.17. The van der Waals surface area contributed by atoms with Crippen LogP contribution in [0.5, 0.6) is 0 Å². The lowest BCUT2D eigenvalue weighted by Crippen LogP contribution is -2.04. The summed E-state index contributed by atoms with van der Waals surface area (Å²) in [6, 6.07) is 40.4. The second kappa shape index (κ2) is 9.66. The van der Waals surface area contributed by atoms with Crippen LogP contribution in [-0.2, 0) is 6.42 Å². The van der Waals surface area contributed by atoms with E-state index in [1.165, 1.54) is 97.0 Å². The molecule has 210 valence electrons. The van der Waals surface area contributed by atoms with Crippen molar-refractivity contribution in [1.82, 2.24) is 4.98 Å². The Morgan fingerprint density at radius 3 is 2.24 bits per heavy atom. The molecular weight excluding hydrogens is 563 g/mol. The number of hydrogen-bond acceptors (Lipinski definition) is 2. The second-order valence-electron chi connectivity index (χ2n) is 12.2. The van der Waals surface area contributed by atoms with E-state index in [9.17, 15) is 0 Å². The minimum Gasteiger partial charge on any atom is -0.264 e. The summed E-state index contributed by atoms with van der Waals surface area (Å²) >= 11 is 1.92. The lowest BCUT2D eigenvalue weighted by atomic mass is 9.81. The number of fused-ring (bicyclic) bond motifs is 5. The standard InChI is InChI=1S/C43H27NS/c1-2-11-30-29(8-1)24-37(32-13-4-3-12-31(30)32)42-33-14-5-6-15-34(33)43(35-22-23-44-25-38(35)42)45-39-21-19-28-17-16-26-9-7-10-27-18-20-36(39)41(28)40(26)27/h1-9,11-19,21-25H,10,20H2. The van der Waals surface area contributed by atoms with Gasteiger partial charge >= 0.3 is 0 Å². The van der Waals surface area contributed by atoms with Crippen molar-refractivity contribution in [3.05, 3.63) is 150 Å². The van der Waals surface area contributed by atoms with Crippen molar-refractivity contribution in [1.29, 1.82) is 0 Å². The third kappa shape index (κ3) is 3.67. The Hall–Kier alpha value is -5.18. The molecule has 0 spiro atoms. The van der Waals surface area contributed by atoms with Gasteiger partial charge in [-0.05, 0) is 113 Å². The van der Waals surface area contributed by atoms with Gasteiger partial charge in [-0.2, -0.15) is 0 Å². The second-order valence-corrected chi connectivity index (χ2v) is 13.2. The van der Waals surface area contributed by atoms with Crippen LogP contribution in [0.2, 0.25) is 0 Å². The van der Waals surface area contributed by atoms with Gasteiger partial charge in [-0.3, -0.25) is 4.98 Å². The minimum absolute atomic E-state index is 0.970. The van der Waals surface area contributed by atoms with Gasteiger partial charge in [-0.15, -0.1) is 0 Å². The molecule has 10 rings (SSSR count). The van der Waals surface area contributed by atoms with Crippen LogP contribution in [0.1, 0.15) is 23.1 Å². The van der Waals surface area contributed by atoms with Gasteiger partial charge in [0, 0.05) is 27.6 Å². The molecule has 2 aliphatic carbocycles. The summed E-state index contributed by atoms with van der Waals surface area (Å²) < 4.78 is 0.